The monoisotopic (exact) mass is 368 g/mol. The number of likely N-dealkylation sites (tertiary alicyclic amines) is 1. The molecule has 2 amide bonds. The average Bonchev–Trinajstić information content (AvgIpc) is 3.01. The van der Waals surface area contributed by atoms with Crippen molar-refractivity contribution in [1.82, 2.24) is 10.2 Å². The maximum atomic E-state index is 13.6. The van der Waals surface area contributed by atoms with Crippen LogP contribution in [0.2, 0.25) is 5.02 Å². The Bertz CT molecular complexity index is 664. The highest BCUT2D eigenvalue weighted by Crippen LogP contribution is 2.38. The molecule has 1 saturated carbocycles. The summed E-state index contributed by atoms with van der Waals surface area (Å²) in [5.41, 5.74) is 0.0290. The number of carboxylic acid groups (broad SMARTS) is 1. The molecule has 1 aliphatic heterocycles. The summed E-state index contributed by atoms with van der Waals surface area (Å²) in [4.78, 5) is 25.4. The molecule has 1 aliphatic carbocycles. The molecule has 2 atom stereocenters. The highest BCUT2D eigenvalue weighted by atomic mass is 35.5. The summed E-state index contributed by atoms with van der Waals surface area (Å²) in [6, 6.07) is 4.04. The smallest absolute Gasteiger partial charge is 0.408 e. The van der Waals surface area contributed by atoms with Gasteiger partial charge >= 0.3 is 6.09 Å². The van der Waals surface area contributed by atoms with Gasteiger partial charge in [-0.05, 0) is 24.5 Å². The highest BCUT2D eigenvalue weighted by molar-refractivity contribution is 6.34. The Morgan fingerprint density at radius 1 is 1.20 bits per heavy atom. The average molecular weight is 369 g/mol. The van der Waals surface area contributed by atoms with Gasteiger partial charge in [-0.25, -0.2) is 9.18 Å². The number of hydrogen-bond acceptors (Lipinski definition) is 2. The molecule has 2 aliphatic rings. The van der Waals surface area contributed by atoms with Crippen LogP contribution in [0.25, 0.3) is 0 Å². The predicted octanol–water partition coefficient (Wildman–Crippen LogP) is 4.12. The molecule has 0 aromatic heterocycles. The second kappa shape index (κ2) is 7.60. The first-order chi connectivity index (χ1) is 12.0. The first-order valence-electron chi connectivity index (χ1n) is 8.73. The van der Waals surface area contributed by atoms with Crippen LogP contribution >= 0.6 is 11.6 Å². The van der Waals surface area contributed by atoms with Crippen molar-refractivity contribution in [2.24, 2.45) is 11.8 Å². The van der Waals surface area contributed by atoms with E-state index in [1.807, 2.05) is 0 Å². The molecule has 25 heavy (non-hydrogen) atoms. The Labute approximate surface area is 151 Å². The van der Waals surface area contributed by atoms with E-state index in [2.05, 4.69) is 5.32 Å². The molecule has 2 N–H and O–H groups in total. The van der Waals surface area contributed by atoms with Crippen LogP contribution in [0.5, 0.6) is 0 Å². The molecular weight excluding hydrogens is 347 g/mol. The van der Waals surface area contributed by atoms with Crippen molar-refractivity contribution in [3.63, 3.8) is 0 Å². The molecule has 7 heteroatoms. The first kappa shape index (κ1) is 18.0. The Morgan fingerprint density at radius 3 is 2.60 bits per heavy atom. The van der Waals surface area contributed by atoms with E-state index in [0.29, 0.717) is 12.5 Å². The number of nitrogens with one attached hydrogen (secondary N) is 1. The Morgan fingerprint density at radius 2 is 1.92 bits per heavy atom. The predicted molar refractivity (Wildman–Crippen MR) is 92.1 cm³/mol. The summed E-state index contributed by atoms with van der Waals surface area (Å²) in [6.07, 6.45) is 4.72. The van der Waals surface area contributed by atoms with Crippen LogP contribution in [0.4, 0.5) is 9.18 Å². The van der Waals surface area contributed by atoms with Gasteiger partial charge in [-0.15, -0.1) is 0 Å². The molecule has 2 fully saturated rings. The molecule has 136 valence electrons. The van der Waals surface area contributed by atoms with Crippen LogP contribution in [0, 0.1) is 17.7 Å². The number of amides is 2. The fraction of sp³-hybridized carbons (Fsp3) is 0.556. The molecule has 0 bridgehead atoms. The van der Waals surface area contributed by atoms with Crippen LogP contribution in [0.1, 0.15) is 48.9 Å². The number of nitrogens with zero attached hydrogens (tertiary/aromatic N) is 1. The summed E-state index contributed by atoms with van der Waals surface area (Å²) >= 11 is 5.89. The minimum Gasteiger partial charge on any atom is -0.465 e. The highest BCUT2D eigenvalue weighted by Gasteiger charge is 2.42. The van der Waals surface area contributed by atoms with Crippen molar-refractivity contribution in [3.05, 3.63) is 34.6 Å². The molecule has 5 nitrogen and oxygen atoms in total. The lowest BCUT2D eigenvalue weighted by Gasteiger charge is -2.34. The van der Waals surface area contributed by atoms with Crippen molar-refractivity contribution >= 4 is 23.6 Å². The van der Waals surface area contributed by atoms with Crippen molar-refractivity contribution in [1.29, 1.82) is 0 Å². The lowest BCUT2D eigenvalue weighted by molar-refractivity contribution is 0.0792. The van der Waals surface area contributed by atoms with E-state index in [0.717, 1.165) is 32.1 Å². The van der Waals surface area contributed by atoms with Gasteiger partial charge in [-0.3, -0.25) is 9.69 Å². The summed E-state index contributed by atoms with van der Waals surface area (Å²) in [6.45, 7) is 0.401. The van der Waals surface area contributed by atoms with Gasteiger partial charge in [0.2, 0.25) is 0 Å². The molecule has 0 radical (unpaired) electrons. The largest absolute Gasteiger partial charge is 0.465 e. The van der Waals surface area contributed by atoms with E-state index in [9.17, 15) is 19.1 Å². The van der Waals surface area contributed by atoms with Crippen LogP contribution < -0.4 is 5.32 Å². The van der Waals surface area contributed by atoms with Gasteiger partial charge in [0, 0.05) is 12.5 Å². The van der Waals surface area contributed by atoms with Gasteiger partial charge in [0.05, 0.1) is 10.6 Å². The Balaban J connectivity index is 1.80. The minimum atomic E-state index is -1.05. The van der Waals surface area contributed by atoms with Crippen molar-refractivity contribution in [3.8, 4) is 0 Å². The van der Waals surface area contributed by atoms with E-state index >= 15 is 0 Å². The molecular formula is C18H22ClFN2O3. The maximum Gasteiger partial charge on any atom is 0.408 e. The van der Waals surface area contributed by atoms with Gasteiger partial charge in [-0.1, -0.05) is 49.8 Å². The maximum absolute atomic E-state index is 13.6. The van der Waals surface area contributed by atoms with Crippen molar-refractivity contribution < 1.29 is 19.1 Å². The van der Waals surface area contributed by atoms with Gasteiger partial charge in [0.15, 0.2) is 0 Å². The second-order valence-electron chi connectivity index (χ2n) is 6.85. The third-order valence-corrected chi connectivity index (χ3v) is 5.81. The molecule has 0 spiro atoms. The molecule has 1 heterocycles. The van der Waals surface area contributed by atoms with Crippen molar-refractivity contribution in [2.75, 3.05) is 6.54 Å². The zero-order chi connectivity index (χ0) is 18.0. The first-order valence-corrected chi connectivity index (χ1v) is 9.11. The fourth-order valence-corrected chi connectivity index (χ4v) is 4.37. The number of hydrogen-bond donors (Lipinski definition) is 2. The van der Waals surface area contributed by atoms with Gasteiger partial charge < -0.3 is 10.4 Å². The topological polar surface area (TPSA) is 69.6 Å². The number of benzene rings is 1. The minimum absolute atomic E-state index is 0.0290. The van der Waals surface area contributed by atoms with Crippen LogP contribution in [0.3, 0.4) is 0 Å². The Hall–Kier alpha value is -1.82. The number of halogens is 2. The van der Waals surface area contributed by atoms with Gasteiger partial charge in [0.1, 0.15) is 12.0 Å². The lowest BCUT2D eigenvalue weighted by Crippen LogP contribution is -2.51. The summed E-state index contributed by atoms with van der Waals surface area (Å²) in [7, 11) is 0. The van der Waals surface area contributed by atoms with E-state index in [1.54, 1.807) is 0 Å². The number of rotatable bonds is 3. The Kier molecular flexibility index (Phi) is 5.47. The zero-order valence-electron chi connectivity index (χ0n) is 13.9. The van der Waals surface area contributed by atoms with E-state index in [4.69, 9.17) is 11.6 Å². The lowest BCUT2D eigenvalue weighted by atomic mass is 9.78. The quantitative estimate of drug-likeness (QED) is 0.843. The van der Waals surface area contributed by atoms with Gasteiger partial charge in [0.25, 0.3) is 5.91 Å². The third kappa shape index (κ3) is 3.73. The van der Waals surface area contributed by atoms with Crippen LogP contribution in [0.15, 0.2) is 18.2 Å². The van der Waals surface area contributed by atoms with Crippen LogP contribution in [-0.4, -0.2) is 34.7 Å². The second-order valence-corrected chi connectivity index (χ2v) is 7.22. The zero-order valence-corrected chi connectivity index (χ0v) is 14.6. The SMILES string of the molecule is O=C(NC1[C@H](C2CCCCC2)CCN1C(=O)O)c1cccc(F)c1Cl. The standard InChI is InChI=1S/C18H22ClFN2O3/c19-15-13(7-4-8-14(15)20)17(23)21-16-12(9-10-22(16)18(24)25)11-5-2-1-3-6-11/h4,7-8,11-12,16H,1-3,5-6,9-10H2,(H,21,23)(H,24,25)/t12-,16?/m0/s1. The van der Waals surface area contributed by atoms with Crippen LogP contribution in [-0.2, 0) is 0 Å². The molecule has 1 saturated heterocycles. The summed E-state index contributed by atoms with van der Waals surface area (Å²) in [5, 5.41) is 12.0. The molecule has 1 unspecified atom stereocenters. The van der Waals surface area contributed by atoms with Gasteiger partial charge in [-0.2, -0.15) is 0 Å². The summed E-state index contributed by atoms with van der Waals surface area (Å²) < 4.78 is 13.6. The molecule has 3 rings (SSSR count). The third-order valence-electron chi connectivity index (χ3n) is 5.42. The molecule has 1 aromatic rings. The van der Waals surface area contributed by atoms with Crippen molar-refractivity contribution in [2.45, 2.75) is 44.7 Å². The van der Waals surface area contributed by atoms with E-state index in [-0.39, 0.29) is 16.5 Å². The number of carbonyl (C=O) groups excluding carboxylic acids is 1. The molecule has 1 aromatic carbocycles. The van der Waals surface area contributed by atoms with E-state index in [1.165, 1.54) is 29.5 Å². The fourth-order valence-electron chi connectivity index (χ4n) is 4.16. The normalized spacial score (nSPS) is 24.3. The number of carbonyl (C=O) groups is 2. The van der Waals surface area contributed by atoms with E-state index < -0.39 is 24.0 Å². The summed E-state index contributed by atoms with van der Waals surface area (Å²) in [5.74, 6) is -0.706.